The highest BCUT2D eigenvalue weighted by atomic mass is 16.2. The molecular formula is C21H21N3O3. The van der Waals surface area contributed by atoms with Crippen molar-refractivity contribution in [2.45, 2.75) is 32.2 Å². The van der Waals surface area contributed by atoms with Gasteiger partial charge in [0, 0.05) is 5.69 Å². The van der Waals surface area contributed by atoms with Gasteiger partial charge >= 0.3 is 6.03 Å². The minimum atomic E-state index is -1.04. The van der Waals surface area contributed by atoms with Gasteiger partial charge in [0.15, 0.2) is 0 Å². The molecule has 2 aromatic rings. The van der Waals surface area contributed by atoms with E-state index >= 15 is 0 Å². The lowest BCUT2D eigenvalue weighted by atomic mass is 9.92. The van der Waals surface area contributed by atoms with Crippen molar-refractivity contribution in [1.29, 1.82) is 0 Å². The van der Waals surface area contributed by atoms with Crippen LogP contribution in [0, 0.1) is 13.8 Å². The second-order valence-electron chi connectivity index (χ2n) is 7.20. The van der Waals surface area contributed by atoms with Crippen molar-refractivity contribution >= 4 is 23.5 Å². The Labute approximate surface area is 157 Å². The molecule has 138 valence electrons. The van der Waals surface area contributed by atoms with Gasteiger partial charge in [0.2, 0.25) is 5.91 Å². The van der Waals surface area contributed by atoms with Crippen LogP contribution in [-0.2, 0) is 21.5 Å². The summed E-state index contributed by atoms with van der Waals surface area (Å²) in [7, 11) is 0. The monoisotopic (exact) mass is 363 g/mol. The Bertz CT molecular complexity index is 949. The minimum Gasteiger partial charge on any atom is -0.324 e. The zero-order valence-corrected chi connectivity index (χ0v) is 15.3. The van der Waals surface area contributed by atoms with Gasteiger partial charge in [-0.3, -0.25) is 14.5 Å². The van der Waals surface area contributed by atoms with E-state index in [1.165, 1.54) is 0 Å². The van der Waals surface area contributed by atoms with Crippen LogP contribution in [0.5, 0.6) is 0 Å². The first-order chi connectivity index (χ1) is 12.9. The molecule has 4 amide bonds. The van der Waals surface area contributed by atoms with Crippen LogP contribution < -0.4 is 10.6 Å². The predicted octanol–water partition coefficient (Wildman–Crippen LogP) is 2.64. The lowest BCUT2D eigenvalue weighted by Gasteiger charge is -2.22. The molecule has 0 saturated carbocycles. The summed E-state index contributed by atoms with van der Waals surface area (Å²) in [5.74, 6) is -0.742. The molecule has 1 saturated heterocycles. The number of fused-ring (bicyclic) bond motifs is 2. The van der Waals surface area contributed by atoms with Crippen LogP contribution in [0.2, 0.25) is 0 Å². The molecule has 4 rings (SSSR count). The molecule has 1 fully saturated rings. The first kappa shape index (κ1) is 17.3. The van der Waals surface area contributed by atoms with E-state index in [9.17, 15) is 14.4 Å². The van der Waals surface area contributed by atoms with Crippen molar-refractivity contribution in [2.24, 2.45) is 0 Å². The molecule has 27 heavy (non-hydrogen) atoms. The normalized spacial score (nSPS) is 20.7. The molecule has 6 heteroatoms. The van der Waals surface area contributed by atoms with E-state index < -0.39 is 11.6 Å². The summed E-state index contributed by atoms with van der Waals surface area (Å²) in [6.07, 6.45) is 1.25. The van der Waals surface area contributed by atoms with Gasteiger partial charge in [0.25, 0.3) is 5.91 Å². The average molecular weight is 363 g/mol. The highest BCUT2D eigenvalue weighted by molar-refractivity contribution is 6.11. The Kier molecular flexibility index (Phi) is 3.98. The van der Waals surface area contributed by atoms with Gasteiger partial charge in [0.05, 0.1) is 0 Å². The number of imide groups is 1. The average Bonchev–Trinajstić information content (AvgIpc) is 3.12. The standard InChI is InChI=1S/C21H21N3O3/c1-13-6-5-7-14(2)18(13)22-17(25)12-24-19(26)21(23-20(24)27)11-10-15-8-3-4-9-16(15)21/h3-9H,10-12H2,1-2H3,(H,22,25)(H,23,27). The number of hydrogen-bond acceptors (Lipinski definition) is 3. The largest absolute Gasteiger partial charge is 0.325 e. The number of para-hydroxylation sites is 1. The first-order valence-electron chi connectivity index (χ1n) is 9.01. The van der Waals surface area contributed by atoms with E-state index in [2.05, 4.69) is 10.6 Å². The maximum atomic E-state index is 13.1. The molecule has 2 N–H and O–H groups in total. The van der Waals surface area contributed by atoms with Crippen LogP contribution in [-0.4, -0.2) is 29.3 Å². The second kappa shape index (κ2) is 6.23. The van der Waals surface area contributed by atoms with Crippen molar-refractivity contribution in [3.63, 3.8) is 0 Å². The fourth-order valence-corrected chi connectivity index (χ4v) is 4.07. The molecule has 1 aliphatic carbocycles. The Morgan fingerprint density at radius 2 is 1.81 bits per heavy atom. The molecule has 0 bridgehead atoms. The van der Waals surface area contributed by atoms with Gasteiger partial charge in [-0.25, -0.2) is 4.79 Å². The van der Waals surface area contributed by atoms with Crippen molar-refractivity contribution in [1.82, 2.24) is 10.2 Å². The van der Waals surface area contributed by atoms with E-state index in [1.54, 1.807) is 0 Å². The number of aryl methyl sites for hydroxylation is 3. The summed E-state index contributed by atoms with van der Waals surface area (Å²) in [5, 5.41) is 5.67. The number of hydrogen-bond donors (Lipinski definition) is 2. The van der Waals surface area contributed by atoms with E-state index in [-0.39, 0.29) is 18.4 Å². The van der Waals surface area contributed by atoms with Gasteiger partial charge in [0.1, 0.15) is 12.1 Å². The molecule has 6 nitrogen and oxygen atoms in total. The quantitative estimate of drug-likeness (QED) is 0.823. The van der Waals surface area contributed by atoms with Crippen LogP contribution in [0.1, 0.15) is 28.7 Å². The molecule has 1 atom stereocenters. The summed E-state index contributed by atoms with van der Waals surface area (Å²) in [6.45, 7) is 3.50. The van der Waals surface area contributed by atoms with Gasteiger partial charge in [-0.1, -0.05) is 42.5 Å². The summed E-state index contributed by atoms with van der Waals surface area (Å²) in [6, 6.07) is 12.8. The van der Waals surface area contributed by atoms with Crippen LogP contribution in [0.4, 0.5) is 10.5 Å². The summed E-state index contributed by atoms with van der Waals surface area (Å²) >= 11 is 0. The Balaban J connectivity index is 1.55. The number of benzene rings is 2. The van der Waals surface area contributed by atoms with Gasteiger partial charge in [-0.2, -0.15) is 0 Å². The SMILES string of the molecule is Cc1cccc(C)c1NC(=O)CN1C(=O)NC2(CCc3ccccc32)C1=O. The fraction of sp³-hybridized carbons (Fsp3) is 0.286. The molecule has 1 aliphatic heterocycles. The molecule has 1 heterocycles. The zero-order chi connectivity index (χ0) is 19.2. The highest BCUT2D eigenvalue weighted by Gasteiger charge is 2.55. The van der Waals surface area contributed by atoms with Gasteiger partial charge < -0.3 is 10.6 Å². The van der Waals surface area contributed by atoms with Crippen LogP contribution in [0.3, 0.4) is 0 Å². The topological polar surface area (TPSA) is 78.5 Å². The predicted molar refractivity (Wildman–Crippen MR) is 101 cm³/mol. The van der Waals surface area contributed by atoms with Crippen molar-refractivity contribution in [3.8, 4) is 0 Å². The van der Waals surface area contributed by atoms with Gasteiger partial charge in [-0.05, 0) is 48.9 Å². The lowest BCUT2D eigenvalue weighted by Crippen LogP contribution is -2.43. The van der Waals surface area contributed by atoms with E-state index in [1.807, 2.05) is 56.3 Å². The van der Waals surface area contributed by atoms with Crippen molar-refractivity contribution in [2.75, 3.05) is 11.9 Å². The number of amides is 4. The maximum Gasteiger partial charge on any atom is 0.325 e. The number of carbonyl (C=O) groups is 3. The third-order valence-corrected chi connectivity index (χ3v) is 5.47. The second-order valence-corrected chi connectivity index (χ2v) is 7.20. The molecular weight excluding hydrogens is 342 g/mol. The smallest absolute Gasteiger partial charge is 0.324 e. The lowest BCUT2D eigenvalue weighted by molar-refractivity contribution is -0.134. The molecule has 2 aromatic carbocycles. The van der Waals surface area contributed by atoms with Crippen LogP contribution in [0.25, 0.3) is 0 Å². The van der Waals surface area contributed by atoms with E-state index in [4.69, 9.17) is 0 Å². The number of nitrogens with zero attached hydrogens (tertiary/aromatic N) is 1. The Hall–Kier alpha value is -3.15. The fourth-order valence-electron chi connectivity index (χ4n) is 4.07. The zero-order valence-electron chi connectivity index (χ0n) is 15.3. The number of carbonyl (C=O) groups excluding carboxylic acids is 3. The highest BCUT2D eigenvalue weighted by Crippen LogP contribution is 2.41. The number of nitrogens with one attached hydrogen (secondary N) is 2. The molecule has 0 radical (unpaired) electrons. The van der Waals surface area contributed by atoms with Crippen LogP contribution >= 0.6 is 0 Å². The molecule has 2 aliphatic rings. The van der Waals surface area contributed by atoms with Crippen LogP contribution in [0.15, 0.2) is 42.5 Å². The minimum absolute atomic E-state index is 0.303. The number of anilines is 1. The Morgan fingerprint density at radius 1 is 1.11 bits per heavy atom. The third-order valence-electron chi connectivity index (χ3n) is 5.47. The summed E-state index contributed by atoms with van der Waals surface area (Å²) in [5.41, 5.74) is 3.44. The summed E-state index contributed by atoms with van der Waals surface area (Å²) < 4.78 is 0. The van der Waals surface area contributed by atoms with Crippen molar-refractivity contribution < 1.29 is 14.4 Å². The van der Waals surface area contributed by atoms with E-state index in [0.717, 1.165) is 39.3 Å². The van der Waals surface area contributed by atoms with E-state index in [0.29, 0.717) is 6.42 Å². The van der Waals surface area contributed by atoms with Crippen molar-refractivity contribution in [3.05, 3.63) is 64.7 Å². The number of urea groups is 1. The molecule has 1 spiro atoms. The first-order valence-corrected chi connectivity index (χ1v) is 9.01. The third kappa shape index (κ3) is 2.68. The Morgan fingerprint density at radius 3 is 2.56 bits per heavy atom. The number of rotatable bonds is 3. The molecule has 1 unspecified atom stereocenters. The molecule has 0 aromatic heterocycles. The summed E-state index contributed by atoms with van der Waals surface area (Å²) in [4.78, 5) is 39.1. The van der Waals surface area contributed by atoms with Gasteiger partial charge in [-0.15, -0.1) is 0 Å². The maximum absolute atomic E-state index is 13.1.